The molecule has 0 aliphatic heterocycles. The van der Waals surface area contributed by atoms with Crippen molar-refractivity contribution in [3.05, 3.63) is 77.2 Å². The highest BCUT2D eigenvalue weighted by molar-refractivity contribution is 7.92. The summed E-state index contributed by atoms with van der Waals surface area (Å²) in [5.41, 5.74) is 3.30. The second-order valence-corrected chi connectivity index (χ2v) is 8.02. The lowest BCUT2D eigenvalue weighted by Crippen LogP contribution is -2.16. The number of hydrogen-bond acceptors (Lipinski definition) is 4. The molecule has 2 aromatic carbocycles. The van der Waals surface area contributed by atoms with Gasteiger partial charge in [-0.1, -0.05) is 23.8 Å². The third kappa shape index (κ3) is 4.43. The van der Waals surface area contributed by atoms with Crippen molar-refractivity contribution in [2.24, 2.45) is 0 Å². The van der Waals surface area contributed by atoms with Gasteiger partial charge >= 0.3 is 0 Å². The van der Waals surface area contributed by atoms with Crippen LogP contribution in [0.1, 0.15) is 16.7 Å². The third-order valence-corrected chi connectivity index (χ3v) is 5.67. The van der Waals surface area contributed by atoms with Crippen LogP contribution in [-0.2, 0) is 10.0 Å². The lowest BCUT2D eigenvalue weighted by Gasteiger charge is -2.14. The molecule has 3 rings (SSSR count). The minimum absolute atomic E-state index is 0.273. The molecule has 0 aliphatic carbocycles. The molecule has 2 N–H and O–H groups in total. The van der Waals surface area contributed by atoms with Crippen LogP contribution in [0.2, 0.25) is 0 Å². The summed E-state index contributed by atoms with van der Waals surface area (Å²) >= 11 is 0. The van der Waals surface area contributed by atoms with Crippen molar-refractivity contribution < 1.29 is 12.8 Å². The zero-order valence-corrected chi connectivity index (χ0v) is 16.1. The predicted octanol–water partition coefficient (Wildman–Crippen LogP) is 4.69. The van der Waals surface area contributed by atoms with Crippen LogP contribution in [0.4, 0.5) is 21.6 Å². The molecule has 1 aromatic heterocycles. The van der Waals surface area contributed by atoms with Gasteiger partial charge in [0.25, 0.3) is 10.0 Å². The Morgan fingerprint density at radius 1 is 0.926 bits per heavy atom. The topological polar surface area (TPSA) is 71.1 Å². The Hall–Kier alpha value is -2.93. The maximum atomic E-state index is 13.2. The van der Waals surface area contributed by atoms with Crippen molar-refractivity contribution in [3.63, 3.8) is 0 Å². The summed E-state index contributed by atoms with van der Waals surface area (Å²) in [7, 11) is -3.73. The molecule has 1 heterocycles. The molecular weight excluding hydrogens is 365 g/mol. The quantitative estimate of drug-likeness (QED) is 0.668. The average molecular weight is 385 g/mol. The summed E-state index contributed by atoms with van der Waals surface area (Å²) in [5, 5.41) is 2.96. The second kappa shape index (κ2) is 7.36. The number of benzene rings is 2. The smallest absolute Gasteiger partial charge is 0.262 e. The highest BCUT2D eigenvalue weighted by Gasteiger charge is 2.20. The van der Waals surface area contributed by atoms with Gasteiger partial charge in [-0.05, 0) is 62.2 Å². The Morgan fingerprint density at radius 3 is 2.22 bits per heavy atom. The Morgan fingerprint density at radius 2 is 1.63 bits per heavy atom. The first kappa shape index (κ1) is 18.8. The molecule has 0 amide bonds. The molecule has 0 unspecified atom stereocenters. The maximum absolute atomic E-state index is 13.2. The first-order chi connectivity index (χ1) is 12.7. The van der Waals surface area contributed by atoms with E-state index in [1.165, 1.54) is 18.3 Å². The number of anilines is 3. The largest absolute Gasteiger partial charge is 0.340 e. The van der Waals surface area contributed by atoms with Crippen molar-refractivity contribution in [1.29, 1.82) is 0 Å². The molecule has 7 heteroatoms. The molecule has 27 heavy (non-hydrogen) atoms. The van der Waals surface area contributed by atoms with Gasteiger partial charge in [-0.2, -0.15) is 0 Å². The number of aryl methyl sites for hydroxylation is 3. The van der Waals surface area contributed by atoms with E-state index < -0.39 is 10.0 Å². The van der Waals surface area contributed by atoms with E-state index in [9.17, 15) is 12.8 Å². The van der Waals surface area contributed by atoms with Crippen LogP contribution in [0.25, 0.3) is 0 Å². The summed E-state index contributed by atoms with van der Waals surface area (Å²) in [5.74, 6) is 0.125. The van der Waals surface area contributed by atoms with Gasteiger partial charge in [0.2, 0.25) is 0 Å². The number of hydrogen-bond donors (Lipinski definition) is 2. The normalized spacial score (nSPS) is 11.3. The van der Waals surface area contributed by atoms with Crippen LogP contribution in [0.15, 0.2) is 59.6 Å². The minimum atomic E-state index is -3.73. The number of nitrogens with zero attached hydrogens (tertiary/aromatic N) is 1. The predicted molar refractivity (Wildman–Crippen MR) is 105 cm³/mol. The number of rotatable bonds is 5. The fourth-order valence-electron chi connectivity index (χ4n) is 3.04. The molecular formula is C20H20FN3O2S. The van der Waals surface area contributed by atoms with Gasteiger partial charge in [-0.25, -0.2) is 17.8 Å². The van der Waals surface area contributed by atoms with Crippen LogP contribution in [-0.4, -0.2) is 13.4 Å². The number of halogens is 1. The van der Waals surface area contributed by atoms with Crippen LogP contribution < -0.4 is 10.0 Å². The number of aromatic nitrogens is 1. The van der Waals surface area contributed by atoms with E-state index in [2.05, 4.69) is 15.0 Å². The van der Waals surface area contributed by atoms with Gasteiger partial charge in [0.05, 0.1) is 16.8 Å². The van der Waals surface area contributed by atoms with Crippen molar-refractivity contribution in [1.82, 2.24) is 4.98 Å². The highest BCUT2D eigenvalue weighted by Crippen LogP contribution is 2.25. The molecule has 0 spiro atoms. The zero-order chi connectivity index (χ0) is 19.6. The summed E-state index contributed by atoms with van der Waals surface area (Å²) in [6.45, 7) is 5.48. The number of pyridine rings is 1. The molecule has 0 saturated heterocycles. The molecule has 0 fully saturated rings. The van der Waals surface area contributed by atoms with Crippen LogP contribution in [0.5, 0.6) is 0 Å². The SMILES string of the molecule is Cc1cc(C)c(S(=O)(=O)Nc2ccc(Nc3cccc(F)c3)nc2)c(C)c1. The molecule has 0 radical (unpaired) electrons. The second-order valence-electron chi connectivity index (χ2n) is 6.40. The van der Waals surface area contributed by atoms with Crippen molar-refractivity contribution >= 4 is 27.2 Å². The fourth-order valence-corrected chi connectivity index (χ4v) is 4.54. The highest BCUT2D eigenvalue weighted by atomic mass is 32.2. The molecule has 0 atom stereocenters. The van der Waals surface area contributed by atoms with Crippen molar-refractivity contribution in [3.8, 4) is 0 Å². The lowest BCUT2D eigenvalue weighted by atomic mass is 10.1. The first-order valence-electron chi connectivity index (χ1n) is 8.34. The molecule has 0 aliphatic rings. The van der Waals surface area contributed by atoms with Gasteiger partial charge in [0.1, 0.15) is 11.6 Å². The number of nitrogens with one attached hydrogen (secondary N) is 2. The molecule has 0 bridgehead atoms. The van der Waals surface area contributed by atoms with Crippen LogP contribution in [0.3, 0.4) is 0 Å². The average Bonchev–Trinajstić information content (AvgIpc) is 2.55. The van der Waals surface area contributed by atoms with Gasteiger partial charge in [-0.15, -0.1) is 0 Å². The van der Waals surface area contributed by atoms with Gasteiger partial charge < -0.3 is 5.32 Å². The maximum Gasteiger partial charge on any atom is 0.262 e. The summed E-state index contributed by atoms with van der Waals surface area (Å²) in [6, 6.07) is 12.9. The number of sulfonamides is 1. The van der Waals surface area contributed by atoms with Gasteiger partial charge in [-0.3, -0.25) is 4.72 Å². The van der Waals surface area contributed by atoms with Gasteiger partial charge in [0, 0.05) is 5.69 Å². The summed E-state index contributed by atoms with van der Waals surface area (Å²) in [6.07, 6.45) is 1.41. The molecule has 140 valence electrons. The fraction of sp³-hybridized carbons (Fsp3) is 0.150. The Bertz CT molecular complexity index is 1060. The van der Waals surface area contributed by atoms with Gasteiger partial charge in [0.15, 0.2) is 0 Å². The van der Waals surface area contributed by atoms with E-state index in [-0.39, 0.29) is 10.7 Å². The van der Waals surface area contributed by atoms with Crippen molar-refractivity contribution in [2.75, 3.05) is 10.0 Å². The van der Waals surface area contributed by atoms with Crippen molar-refractivity contribution in [2.45, 2.75) is 25.7 Å². The van der Waals surface area contributed by atoms with E-state index in [1.807, 2.05) is 19.1 Å². The first-order valence-corrected chi connectivity index (χ1v) is 9.82. The Kier molecular flexibility index (Phi) is 5.14. The van der Waals surface area contributed by atoms with Crippen LogP contribution >= 0.6 is 0 Å². The molecule has 0 saturated carbocycles. The summed E-state index contributed by atoms with van der Waals surface area (Å²) in [4.78, 5) is 4.45. The van der Waals surface area contributed by atoms with E-state index in [4.69, 9.17) is 0 Å². The van der Waals surface area contributed by atoms with E-state index >= 15 is 0 Å². The zero-order valence-electron chi connectivity index (χ0n) is 15.2. The standard InChI is InChI=1S/C20H20FN3O2S/c1-13-9-14(2)20(15(3)10-13)27(25,26)24-18-7-8-19(22-12-18)23-17-6-4-5-16(21)11-17/h4-12,24H,1-3H3,(H,22,23). The molecule has 3 aromatic rings. The summed E-state index contributed by atoms with van der Waals surface area (Å²) < 4.78 is 41.3. The van der Waals surface area contributed by atoms with E-state index in [0.29, 0.717) is 28.3 Å². The Balaban J connectivity index is 1.80. The van der Waals surface area contributed by atoms with E-state index in [1.54, 1.807) is 38.1 Å². The lowest BCUT2D eigenvalue weighted by molar-refractivity contribution is 0.600. The third-order valence-electron chi connectivity index (χ3n) is 3.99. The van der Waals surface area contributed by atoms with E-state index in [0.717, 1.165) is 5.56 Å². The van der Waals surface area contributed by atoms with Crippen LogP contribution in [0, 0.1) is 26.6 Å². The Labute approximate surface area is 158 Å². The molecule has 5 nitrogen and oxygen atoms in total. The monoisotopic (exact) mass is 385 g/mol. The minimum Gasteiger partial charge on any atom is -0.340 e.